The molecule has 1 aromatic carbocycles. The Hall–Kier alpha value is -2.14. The fraction of sp³-hybridized carbons (Fsp3) is 0.412. The van der Waals surface area contributed by atoms with Crippen LogP contribution in [0.2, 0.25) is 0 Å². The molecule has 2 heterocycles. The van der Waals surface area contributed by atoms with Gasteiger partial charge in [-0.2, -0.15) is 0 Å². The molecule has 0 spiro atoms. The molecule has 116 valence electrons. The summed E-state index contributed by atoms with van der Waals surface area (Å²) < 4.78 is 5.42. The Morgan fingerprint density at radius 3 is 2.95 bits per heavy atom. The third-order valence-electron chi connectivity index (χ3n) is 3.92. The Morgan fingerprint density at radius 2 is 2.23 bits per heavy atom. The normalized spacial score (nSPS) is 17.6. The van der Waals surface area contributed by atoms with Crippen molar-refractivity contribution in [2.75, 3.05) is 25.6 Å². The van der Waals surface area contributed by atoms with Crippen LogP contribution >= 0.6 is 0 Å². The molecule has 2 aromatic rings. The van der Waals surface area contributed by atoms with E-state index < -0.39 is 0 Å². The quantitative estimate of drug-likeness (QED) is 0.939. The van der Waals surface area contributed by atoms with Crippen LogP contribution in [0.3, 0.4) is 0 Å². The summed E-state index contributed by atoms with van der Waals surface area (Å²) in [4.78, 5) is 18.7. The topological polar surface area (TPSA) is 54.5 Å². The number of para-hydroxylation sites is 1. The second-order valence-corrected chi connectivity index (χ2v) is 5.77. The average molecular weight is 299 g/mol. The van der Waals surface area contributed by atoms with Gasteiger partial charge in [0, 0.05) is 32.6 Å². The van der Waals surface area contributed by atoms with Gasteiger partial charge in [0.25, 0.3) is 0 Å². The van der Waals surface area contributed by atoms with E-state index in [-0.39, 0.29) is 12.0 Å². The molecular weight excluding hydrogens is 278 g/mol. The third kappa shape index (κ3) is 3.04. The van der Waals surface area contributed by atoms with Gasteiger partial charge in [-0.05, 0) is 30.5 Å². The lowest BCUT2D eigenvalue weighted by Crippen LogP contribution is -2.33. The van der Waals surface area contributed by atoms with Crippen molar-refractivity contribution in [2.24, 2.45) is 0 Å². The minimum Gasteiger partial charge on any atom is -0.368 e. The van der Waals surface area contributed by atoms with Gasteiger partial charge >= 0.3 is 0 Å². The Balaban J connectivity index is 1.83. The first-order valence-corrected chi connectivity index (χ1v) is 7.60. The molecular formula is C17H21N3O2. The number of nitrogens with zero attached hydrogens (tertiary/aromatic N) is 2. The highest BCUT2D eigenvalue weighted by Crippen LogP contribution is 2.22. The van der Waals surface area contributed by atoms with Crippen molar-refractivity contribution in [3.63, 3.8) is 0 Å². The molecule has 1 unspecified atom stereocenters. The number of nitrogens with one attached hydrogen (secondary N) is 1. The van der Waals surface area contributed by atoms with Gasteiger partial charge in [-0.25, -0.2) is 4.98 Å². The molecule has 1 amide bonds. The highest BCUT2D eigenvalue weighted by Gasteiger charge is 2.23. The van der Waals surface area contributed by atoms with Gasteiger partial charge in [-0.3, -0.25) is 4.79 Å². The smallest absolute Gasteiger partial charge is 0.249 e. The lowest BCUT2D eigenvalue weighted by Gasteiger charge is -2.16. The molecule has 3 rings (SSSR count). The van der Waals surface area contributed by atoms with Crippen molar-refractivity contribution in [3.05, 3.63) is 35.9 Å². The van der Waals surface area contributed by atoms with E-state index in [2.05, 4.69) is 10.3 Å². The molecule has 1 N–H and O–H groups in total. The molecule has 5 nitrogen and oxygen atoms in total. The van der Waals surface area contributed by atoms with Crippen LogP contribution < -0.4 is 10.2 Å². The van der Waals surface area contributed by atoms with Crippen LogP contribution in [0.15, 0.2) is 30.3 Å². The molecule has 1 aliphatic heterocycles. The number of carbonyl (C=O) groups excluding carboxylic acids is 1. The summed E-state index contributed by atoms with van der Waals surface area (Å²) in [6.07, 6.45) is 1.48. The first kappa shape index (κ1) is 14.8. The third-order valence-corrected chi connectivity index (χ3v) is 3.92. The standard InChI is InChI=1S/C17H21N3O2/c1-20(2)16-10-12(13-6-3-4-7-14(13)19-16)11-18-17(21)15-8-5-9-22-15/h3-4,6-7,10,15H,5,8-9,11H2,1-2H3,(H,18,21). The Labute approximate surface area is 130 Å². The van der Waals surface area contributed by atoms with Crippen LogP contribution in [0.25, 0.3) is 10.9 Å². The van der Waals surface area contributed by atoms with Crippen molar-refractivity contribution in [1.29, 1.82) is 0 Å². The number of aromatic nitrogens is 1. The number of anilines is 1. The summed E-state index contributed by atoms with van der Waals surface area (Å²) >= 11 is 0. The summed E-state index contributed by atoms with van der Waals surface area (Å²) in [6.45, 7) is 1.17. The molecule has 0 aliphatic carbocycles. The van der Waals surface area contributed by atoms with Gasteiger partial charge in [0.1, 0.15) is 11.9 Å². The minimum atomic E-state index is -0.290. The molecule has 1 aromatic heterocycles. The summed E-state index contributed by atoms with van der Waals surface area (Å²) in [6, 6.07) is 10.0. The fourth-order valence-corrected chi connectivity index (χ4v) is 2.69. The first-order valence-electron chi connectivity index (χ1n) is 7.60. The number of fused-ring (bicyclic) bond motifs is 1. The first-order chi connectivity index (χ1) is 10.6. The van der Waals surface area contributed by atoms with Gasteiger partial charge in [-0.15, -0.1) is 0 Å². The summed E-state index contributed by atoms with van der Waals surface area (Å²) in [5.74, 6) is 0.866. The Kier molecular flexibility index (Phi) is 4.24. The van der Waals surface area contributed by atoms with E-state index in [0.29, 0.717) is 13.2 Å². The van der Waals surface area contributed by atoms with Crippen molar-refractivity contribution >= 4 is 22.6 Å². The van der Waals surface area contributed by atoms with E-state index in [0.717, 1.165) is 35.1 Å². The van der Waals surface area contributed by atoms with Crippen LogP contribution in [0.4, 0.5) is 5.82 Å². The van der Waals surface area contributed by atoms with Crippen LogP contribution in [-0.2, 0) is 16.1 Å². The highest BCUT2D eigenvalue weighted by atomic mass is 16.5. The number of carbonyl (C=O) groups is 1. The minimum absolute atomic E-state index is 0.0233. The van der Waals surface area contributed by atoms with Crippen LogP contribution in [-0.4, -0.2) is 37.7 Å². The summed E-state index contributed by atoms with van der Waals surface area (Å²) in [5, 5.41) is 4.06. The van der Waals surface area contributed by atoms with Gasteiger partial charge in [0.2, 0.25) is 5.91 Å². The number of amides is 1. The lowest BCUT2D eigenvalue weighted by molar-refractivity contribution is -0.130. The molecule has 0 radical (unpaired) electrons. The predicted molar refractivity (Wildman–Crippen MR) is 86.9 cm³/mol. The van der Waals surface area contributed by atoms with Crippen LogP contribution in [0.1, 0.15) is 18.4 Å². The maximum atomic E-state index is 12.1. The van der Waals surface area contributed by atoms with Gasteiger partial charge < -0.3 is 15.0 Å². The molecule has 1 fully saturated rings. The number of hydrogen-bond acceptors (Lipinski definition) is 4. The Bertz CT molecular complexity index is 679. The summed E-state index contributed by atoms with van der Waals surface area (Å²) in [7, 11) is 3.93. The van der Waals surface area contributed by atoms with Crippen LogP contribution in [0.5, 0.6) is 0 Å². The van der Waals surface area contributed by atoms with E-state index in [4.69, 9.17) is 4.74 Å². The largest absolute Gasteiger partial charge is 0.368 e. The molecule has 1 aliphatic rings. The monoisotopic (exact) mass is 299 g/mol. The van der Waals surface area contributed by atoms with Gasteiger partial charge in [0.05, 0.1) is 5.52 Å². The zero-order valence-corrected chi connectivity index (χ0v) is 13.0. The van der Waals surface area contributed by atoms with Gasteiger partial charge in [0.15, 0.2) is 0 Å². The maximum absolute atomic E-state index is 12.1. The van der Waals surface area contributed by atoms with Crippen molar-refractivity contribution in [3.8, 4) is 0 Å². The molecule has 22 heavy (non-hydrogen) atoms. The zero-order chi connectivity index (χ0) is 15.5. The number of hydrogen-bond donors (Lipinski definition) is 1. The lowest BCUT2D eigenvalue weighted by atomic mass is 10.1. The highest BCUT2D eigenvalue weighted by molar-refractivity contribution is 5.85. The van der Waals surface area contributed by atoms with E-state index >= 15 is 0 Å². The van der Waals surface area contributed by atoms with Crippen molar-refractivity contribution in [1.82, 2.24) is 10.3 Å². The van der Waals surface area contributed by atoms with E-state index in [1.54, 1.807) is 0 Å². The molecule has 0 bridgehead atoms. The maximum Gasteiger partial charge on any atom is 0.249 e. The van der Waals surface area contributed by atoms with Gasteiger partial charge in [-0.1, -0.05) is 18.2 Å². The number of rotatable bonds is 4. The molecule has 1 atom stereocenters. The van der Waals surface area contributed by atoms with Crippen LogP contribution in [0, 0.1) is 0 Å². The fourth-order valence-electron chi connectivity index (χ4n) is 2.69. The number of pyridine rings is 1. The number of benzene rings is 1. The SMILES string of the molecule is CN(C)c1cc(CNC(=O)C2CCCO2)c2ccccc2n1. The van der Waals surface area contributed by atoms with Crippen molar-refractivity contribution in [2.45, 2.75) is 25.5 Å². The van der Waals surface area contributed by atoms with E-state index in [1.807, 2.05) is 49.3 Å². The molecule has 1 saturated heterocycles. The van der Waals surface area contributed by atoms with E-state index in [1.165, 1.54) is 0 Å². The second kappa shape index (κ2) is 6.32. The molecule has 0 saturated carbocycles. The zero-order valence-electron chi connectivity index (χ0n) is 13.0. The number of ether oxygens (including phenoxy) is 1. The Morgan fingerprint density at radius 1 is 1.41 bits per heavy atom. The predicted octanol–water partition coefficient (Wildman–Crippen LogP) is 2.10. The average Bonchev–Trinajstić information content (AvgIpc) is 3.06. The second-order valence-electron chi connectivity index (χ2n) is 5.77. The van der Waals surface area contributed by atoms with E-state index in [9.17, 15) is 4.79 Å². The molecule has 5 heteroatoms. The van der Waals surface area contributed by atoms with Crippen molar-refractivity contribution < 1.29 is 9.53 Å². The summed E-state index contributed by atoms with van der Waals surface area (Å²) in [5.41, 5.74) is 2.01.